The Balaban J connectivity index is 1.58. The van der Waals surface area contributed by atoms with Gasteiger partial charge in [-0.1, -0.05) is 67.1 Å². The number of benzene rings is 3. The van der Waals surface area contributed by atoms with Crippen LogP contribution in [0.2, 0.25) is 0 Å². The van der Waals surface area contributed by atoms with Crippen molar-refractivity contribution in [2.75, 3.05) is 19.8 Å². The number of aliphatic hydroxyl groups excluding tert-OH is 2. The Morgan fingerprint density at radius 3 is 2.25 bits per heavy atom. The summed E-state index contributed by atoms with van der Waals surface area (Å²) in [5.41, 5.74) is 2.81. The maximum Gasteiger partial charge on any atom is 0.338 e. The van der Waals surface area contributed by atoms with Crippen LogP contribution in [0.4, 0.5) is 0 Å². The second kappa shape index (κ2) is 12.6. The molecule has 0 saturated carbocycles. The van der Waals surface area contributed by atoms with E-state index in [1.54, 1.807) is 24.3 Å². The minimum absolute atomic E-state index is 0.109. The maximum atomic E-state index is 12.7. The third-order valence-corrected chi connectivity index (χ3v) is 5.19. The van der Waals surface area contributed by atoms with Crippen molar-refractivity contribution < 1.29 is 24.5 Å². The zero-order valence-corrected chi connectivity index (χ0v) is 18.2. The molecule has 0 aliphatic rings. The number of esters is 1. The minimum Gasteiger partial charge on any atom is -0.494 e. The summed E-state index contributed by atoms with van der Waals surface area (Å²) in [6, 6.07) is 24.0. The van der Waals surface area contributed by atoms with E-state index in [0.717, 1.165) is 42.6 Å². The quantitative estimate of drug-likeness (QED) is 0.304. The van der Waals surface area contributed by atoms with Crippen molar-refractivity contribution in [3.63, 3.8) is 0 Å². The first kappa shape index (κ1) is 23.5. The van der Waals surface area contributed by atoms with E-state index in [4.69, 9.17) is 14.6 Å². The molecule has 0 aromatic heterocycles. The first-order valence-electron chi connectivity index (χ1n) is 11.0. The SMILES string of the molecule is O=C(OCC(O)c1ccccc1)c1ccccc1-c1ccc(OCCCCCCO)cc1. The van der Waals surface area contributed by atoms with Gasteiger partial charge in [0.05, 0.1) is 12.2 Å². The van der Waals surface area contributed by atoms with E-state index in [-0.39, 0.29) is 13.2 Å². The normalized spacial score (nSPS) is 11.7. The fourth-order valence-corrected chi connectivity index (χ4v) is 3.40. The molecule has 0 saturated heterocycles. The highest BCUT2D eigenvalue weighted by Gasteiger charge is 2.16. The van der Waals surface area contributed by atoms with Crippen molar-refractivity contribution in [3.05, 3.63) is 90.0 Å². The van der Waals surface area contributed by atoms with Crippen LogP contribution in [-0.2, 0) is 4.74 Å². The van der Waals surface area contributed by atoms with Crippen LogP contribution in [0, 0.1) is 0 Å². The van der Waals surface area contributed by atoms with Crippen LogP contribution in [0.3, 0.4) is 0 Å². The van der Waals surface area contributed by atoms with E-state index < -0.39 is 12.1 Å². The summed E-state index contributed by atoms with van der Waals surface area (Å²) in [7, 11) is 0. The average Bonchev–Trinajstić information content (AvgIpc) is 2.85. The van der Waals surface area contributed by atoms with Gasteiger partial charge in [0, 0.05) is 6.61 Å². The number of carbonyl (C=O) groups excluding carboxylic acids is 1. The fraction of sp³-hybridized carbons (Fsp3) is 0.296. The number of rotatable bonds is 12. The lowest BCUT2D eigenvalue weighted by atomic mass is 9.99. The molecule has 2 N–H and O–H groups in total. The zero-order valence-electron chi connectivity index (χ0n) is 18.2. The molecule has 5 heteroatoms. The molecule has 0 radical (unpaired) electrons. The molecule has 0 aliphatic carbocycles. The highest BCUT2D eigenvalue weighted by molar-refractivity contribution is 5.97. The predicted molar refractivity (Wildman–Crippen MR) is 125 cm³/mol. The fourth-order valence-electron chi connectivity index (χ4n) is 3.40. The number of hydrogen-bond donors (Lipinski definition) is 2. The second-order valence-electron chi connectivity index (χ2n) is 7.58. The zero-order chi connectivity index (χ0) is 22.6. The summed E-state index contributed by atoms with van der Waals surface area (Å²) in [5.74, 6) is 0.306. The summed E-state index contributed by atoms with van der Waals surface area (Å²) < 4.78 is 11.2. The molecule has 3 aromatic rings. The van der Waals surface area contributed by atoms with E-state index >= 15 is 0 Å². The van der Waals surface area contributed by atoms with Gasteiger partial charge in [0.2, 0.25) is 0 Å². The van der Waals surface area contributed by atoms with Crippen LogP contribution >= 0.6 is 0 Å². The van der Waals surface area contributed by atoms with Gasteiger partial charge in [-0.25, -0.2) is 4.79 Å². The Kier molecular flexibility index (Phi) is 9.29. The molecule has 0 spiro atoms. The maximum absolute atomic E-state index is 12.7. The van der Waals surface area contributed by atoms with Gasteiger partial charge in [0.15, 0.2) is 0 Å². The summed E-state index contributed by atoms with van der Waals surface area (Å²) in [6.07, 6.45) is 2.96. The number of carbonyl (C=O) groups is 1. The van der Waals surface area contributed by atoms with Crippen molar-refractivity contribution >= 4 is 5.97 Å². The molecule has 5 nitrogen and oxygen atoms in total. The standard InChI is InChI=1S/C27H30O5/c28-18-8-1-2-9-19-31-23-16-14-21(15-17-23)24-12-6-7-13-25(24)27(30)32-20-26(29)22-10-4-3-5-11-22/h3-7,10-17,26,28-29H,1-2,8-9,18-20H2. The van der Waals surface area contributed by atoms with Crippen LogP contribution < -0.4 is 4.74 Å². The van der Waals surface area contributed by atoms with Crippen molar-refractivity contribution in [1.29, 1.82) is 0 Å². The van der Waals surface area contributed by atoms with Gasteiger partial charge < -0.3 is 19.7 Å². The van der Waals surface area contributed by atoms with Crippen molar-refractivity contribution in [3.8, 4) is 16.9 Å². The van der Waals surface area contributed by atoms with Crippen molar-refractivity contribution in [2.45, 2.75) is 31.8 Å². The van der Waals surface area contributed by atoms with Crippen molar-refractivity contribution in [1.82, 2.24) is 0 Å². The molecule has 0 fully saturated rings. The number of unbranched alkanes of at least 4 members (excludes halogenated alkanes) is 3. The molecule has 3 aromatic carbocycles. The van der Waals surface area contributed by atoms with Gasteiger partial charge in [-0.15, -0.1) is 0 Å². The Bertz CT molecular complexity index is 953. The third-order valence-electron chi connectivity index (χ3n) is 5.19. The lowest BCUT2D eigenvalue weighted by Gasteiger charge is -2.14. The average molecular weight is 435 g/mol. The molecule has 0 aliphatic heterocycles. The Morgan fingerprint density at radius 2 is 1.50 bits per heavy atom. The molecule has 168 valence electrons. The van der Waals surface area contributed by atoms with Gasteiger partial charge in [0.1, 0.15) is 18.5 Å². The Labute approximate surface area is 189 Å². The molecule has 1 atom stereocenters. The Hall–Kier alpha value is -3.15. The van der Waals surface area contributed by atoms with E-state index in [9.17, 15) is 9.90 Å². The highest BCUT2D eigenvalue weighted by atomic mass is 16.5. The lowest BCUT2D eigenvalue weighted by molar-refractivity contribution is 0.0255. The van der Waals surface area contributed by atoms with Crippen LogP contribution in [-0.4, -0.2) is 36.0 Å². The molecule has 32 heavy (non-hydrogen) atoms. The second-order valence-corrected chi connectivity index (χ2v) is 7.58. The molecule has 0 amide bonds. The largest absolute Gasteiger partial charge is 0.494 e. The van der Waals surface area contributed by atoms with E-state index in [1.807, 2.05) is 54.6 Å². The first-order valence-corrected chi connectivity index (χ1v) is 11.0. The van der Waals surface area contributed by atoms with Crippen LogP contribution in [0.1, 0.15) is 47.7 Å². The van der Waals surface area contributed by atoms with Gasteiger partial charge in [-0.3, -0.25) is 0 Å². The molecule has 1 unspecified atom stereocenters. The van der Waals surface area contributed by atoms with E-state index in [1.165, 1.54) is 0 Å². The summed E-state index contributed by atoms with van der Waals surface area (Å²) in [4.78, 5) is 12.7. The summed E-state index contributed by atoms with van der Waals surface area (Å²) in [6.45, 7) is 0.768. The van der Waals surface area contributed by atoms with Gasteiger partial charge in [-0.05, 0) is 54.2 Å². The molecule has 0 bridgehead atoms. The predicted octanol–water partition coefficient (Wildman–Crippen LogP) is 5.18. The molecular weight excluding hydrogens is 404 g/mol. The highest BCUT2D eigenvalue weighted by Crippen LogP contribution is 2.27. The minimum atomic E-state index is -0.868. The number of hydrogen-bond acceptors (Lipinski definition) is 5. The van der Waals surface area contributed by atoms with Gasteiger partial charge >= 0.3 is 5.97 Å². The van der Waals surface area contributed by atoms with E-state index in [2.05, 4.69) is 0 Å². The topological polar surface area (TPSA) is 76.0 Å². The molecular formula is C27H30O5. The molecule has 0 heterocycles. The van der Waals surface area contributed by atoms with Gasteiger partial charge in [0.25, 0.3) is 0 Å². The summed E-state index contributed by atoms with van der Waals surface area (Å²) in [5, 5.41) is 19.1. The molecule has 3 rings (SSSR count). The summed E-state index contributed by atoms with van der Waals surface area (Å²) >= 11 is 0. The van der Waals surface area contributed by atoms with Crippen LogP contribution in [0.5, 0.6) is 5.75 Å². The number of ether oxygens (including phenoxy) is 2. The monoisotopic (exact) mass is 434 g/mol. The van der Waals surface area contributed by atoms with Crippen LogP contribution in [0.25, 0.3) is 11.1 Å². The van der Waals surface area contributed by atoms with Crippen molar-refractivity contribution in [2.24, 2.45) is 0 Å². The first-order chi connectivity index (χ1) is 15.7. The Morgan fingerprint density at radius 1 is 0.812 bits per heavy atom. The number of aliphatic hydroxyl groups is 2. The third kappa shape index (κ3) is 6.94. The van der Waals surface area contributed by atoms with Crippen LogP contribution in [0.15, 0.2) is 78.9 Å². The van der Waals surface area contributed by atoms with Gasteiger partial charge in [-0.2, -0.15) is 0 Å². The smallest absolute Gasteiger partial charge is 0.338 e. The van der Waals surface area contributed by atoms with E-state index in [0.29, 0.717) is 17.7 Å². The lowest BCUT2D eigenvalue weighted by Crippen LogP contribution is -2.13.